The minimum absolute atomic E-state index is 0.218. The van der Waals surface area contributed by atoms with Gasteiger partial charge in [0, 0.05) is 19.6 Å². The van der Waals surface area contributed by atoms with E-state index in [0.717, 1.165) is 18.4 Å². The molecule has 2 aromatic rings. The summed E-state index contributed by atoms with van der Waals surface area (Å²) in [5.74, 6) is 1.86. The number of nitrogens with zero attached hydrogens (tertiary/aromatic N) is 1. The number of nitrogens with one attached hydrogen (secondary N) is 2. The summed E-state index contributed by atoms with van der Waals surface area (Å²) in [4.78, 5) is 0.218. The van der Waals surface area contributed by atoms with Gasteiger partial charge in [-0.2, -0.15) is 4.31 Å². The first kappa shape index (κ1) is 24.1. The molecule has 10 heteroatoms. The lowest BCUT2D eigenvalue weighted by atomic mass is 10.1. The second-order valence-corrected chi connectivity index (χ2v) is 9.64. The Bertz CT molecular complexity index is 1050. The van der Waals surface area contributed by atoms with Gasteiger partial charge in [-0.3, -0.25) is 0 Å². The van der Waals surface area contributed by atoms with E-state index >= 15 is 0 Å². The molecule has 0 spiro atoms. The van der Waals surface area contributed by atoms with Crippen molar-refractivity contribution in [2.24, 2.45) is 0 Å². The molecule has 174 valence electrons. The number of benzene rings is 2. The predicted octanol–water partition coefficient (Wildman–Crippen LogP) is 3.03. The van der Waals surface area contributed by atoms with Crippen molar-refractivity contribution >= 4 is 33.0 Å². The molecule has 1 saturated heterocycles. The van der Waals surface area contributed by atoms with E-state index in [1.165, 1.54) is 11.4 Å². The van der Waals surface area contributed by atoms with Gasteiger partial charge in [0.2, 0.25) is 10.0 Å². The molecule has 8 nitrogen and oxygen atoms in total. The number of hydrogen-bond acceptors (Lipinski definition) is 6. The van der Waals surface area contributed by atoms with Gasteiger partial charge in [0.1, 0.15) is 5.75 Å². The topological polar surface area (TPSA) is 89.1 Å². The maximum atomic E-state index is 12.9. The third-order valence-corrected chi connectivity index (χ3v) is 7.41. The fourth-order valence-corrected chi connectivity index (χ4v) is 5.30. The summed E-state index contributed by atoms with van der Waals surface area (Å²) in [5, 5.41) is 6.58. The minimum atomic E-state index is -3.54. The van der Waals surface area contributed by atoms with Crippen LogP contribution in [-0.4, -0.2) is 58.8 Å². The van der Waals surface area contributed by atoms with Gasteiger partial charge in [-0.05, 0) is 67.4 Å². The molecule has 1 heterocycles. The van der Waals surface area contributed by atoms with Crippen LogP contribution in [0.3, 0.4) is 0 Å². The Morgan fingerprint density at radius 2 is 1.62 bits per heavy atom. The van der Waals surface area contributed by atoms with Crippen molar-refractivity contribution in [3.63, 3.8) is 0 Å². The SMILES string of the molecule is COc1ccc(S(=O)(=O)N2CCCC2)cc1NC(=S)NCCc1ccc(OC)c(OC)c1. The number of hydrogen-bond donors (Lipinski definition) is 2. The summed E-state index contributed by atoms with van der Waals surface area (Å²) in [6, 6.07) is 10.5. The molecule has 1 fully saturated rings. The molecule has 0 unspecified atom stereocenters. The Balaban J connectivity index is 1.64. The molecule has 2 N–H and O–H groups in total. The first-order chi connectivity index (χ1) is 15.4. The number of thiocarbonyl (C=S) groups is 1. The summed E-state index contributed by atoms with van der Waals surface area (Å²) in [7, 11) is 1.20. The van der Waals surface area contributed by atoms with Gasteiger partial charge in [0.25, 0.3) is 0 Å². The van der Waals surface area contributed by atoms with Gasteiger partial charge < -0.3 is 24.8 Å². The standard InChI is InChI=1S/C22H29N3O5S2/c1-28-19-9-7-17(32(26,27)25-12-4-5-13-25)15-18(19)24-22(31)23-11-10-16-6-8-20(29-2)21(14-16)30-3/h6-9,14-15H,4-5,10-13H2,1-3H3,(H2,23,24,31). The van der Waals surface area contributed by atoms with Crippen LogP contribution in [0.15, 0.2) is 41.3 Å². The van der Waals surface area contributed by atoms with Crippen LogP contribution in [0.25, 0.3) is 0 Å². The molecule has 0 saturated carbocycles. The Kier molecular flexibility index (Phi) is 8.16. The van der Waals surface area contributed by atoms with Crippen molar-refractivity contribution in [3.05, 3.63) is 42.0 Å². The summed E-state index contributed by atoms with van der Waals surface area (Å²) in [6.07, 6.45) is 2.48. The molecule has 0 amide bonds. The minimum Gasteiger partial charge on any atom is -0.495 e. The van der Waals surface area contributed by atoms with Crippen molar-refractivity contribution in [1.82, 2.24) is 9.62 Å². The van der Waals surface area contributed by atoms with Gasteiger partial charge in [-0.25, -0.2) is 8.42 Å². The van der Waals surface area contributed by atoms with E-state index < -0.39 is 10.0 Å². The molecule has 2 aromatic carbocycles. The second-order valence-electron chi connectivity index (χ2n) is 7.29. The first-order valence-corrected chi connectivity index (χ1v) is 12.2. The lowest BCUT2D eigenvalue weighted by Crippen LogP contribution is -2.31. The normalized spacial score (nSPS) is 14.1. The van der Waals surface area contributed by atoms with E-state index in [9.17, 15) is 8.42 Å². The Morgan fingerprint density at radius 3 is 2.28 bits per heavy atom. The average Bonchev–Trinajstić information content (AvgIpc) is 3.35. The molecule has 32 heavy (non-hydrogen) atoms. The van der Waals surface area contributed by atoms with E-state index in [2.05, 4.69) is 10.6 Å². The number of rotatable bonds is 9. The molecule has 0 aliphatic carbocycles. The van der Waals surface area contributed by atoms with Crippen LogP contribution >= 0.6 is 12.2 Å². The van der Waals surface area contributed by atoms with Gasteiger partial charge in [0.05, 0.1) is 31.9 Å². The van der Waals surface area contributed by atoms with E-state index in [-0.39, 0.29) is 4.90 Å². The molecule has 3 rings (SSSR count). The zero-order valence-corrected chi connectivity index (χ0v) is 20.1. The Hall–Kier alpha value is -2.56. The Labute approximate surface area is 194 Å². The summed E-state index contributed by atoms with van der Waals surface area (Å²) < 4.78 is 43.3. The number of anilines is 1. The van der Waals surface area contributed by atoms with Gasteiger partial charge in [0.15, 0.2) is 16.6 Å². The molecule has 0 bridgehead atoms. The molecular weight excluding hydrogens is 450 g/mol. The van der Waals surface area contributed by atoms with Gasteiger partial charge in [-0.1, -0.05) is 6.07 Å². The van der Waals surface area contributed by atoms with E-state index in [1.54, 1.807) is 32.4 Å². The highest BCUT2D eigenvalue weighted by Gasteiger charge is 2.28. The third-order valence-electron chi connectivity index (χ3n) is 5.27. The van der Waals surface area contributed by atoms with Crippen LogP contribution in [0.5, 0.6) is 17.2 Å². The molecular formula is C22H29N3O5S2. The van der Waals surface area contributed by atoms with Crippen LogP contribution in [0.4, 0.5) is 5.69 Å². The van der Waals surface area contributed by atoms with Crippen LogP contribution in [0.2, 0.25) is 0 Å². The smallest absolute Gasteiger partial charge is 0.243 e. The van der Waals surface area contributed by atoms with Crippen LogP contribution in [0, 0.1) is 0 Å². The van der Waals surface area contributed by atoms with Crippen LogP contribution in [-0.2, 0) is 16.4 Å². The highest BCUT2D eigenvalue weighted by atomic mass is 32.2. The number of ether oxygens (including phenoxy) is 3. The van der Waals surface area contributed by atoms with E-state index in [4.69, 9.17) is 26.4 Å². The van der Waals surface area contributed by atoms with Crippen LogP contribution in [0.1, 0.15) is 18.4 Å². The van der Waals surface area contributed by atoms with Gasteiger partial charge >= 0.3 is 0 Å². The van der Waals surface area contributed by atoms with Crippen molar-refractivity contribution < 1.29 is 22.6 Å². The maximum Gasteiger partial charge on any atom is 0.243 e. The molecule has 1 aliphatic rings. The summed E-state index contributed by atoms with van der Waals surface area (Å²) in [5.41, 5.74) is 1.56. The Morgan fingerprint density at radius 1 is 0.969 bits per heavy atom. The molecule has 1 aliphatic heterocycles. The highest BCUT2D eigenvalue weighted by molar-refractivity contribution is 7.89. The molecule has 0 atom stereocenters. The van der Waals surface area contributed by atoms with Crippen molar-refractivity contribution in [3.8, 4) is 17.2 Å². The fraction of sp³-hybridized carbons (Fsp3) is 0.409. The second kappa shape index (κ2) is 10.8. The maximum absolute atomic E-state index is 12.9. The monoisotopic (exact) mass is 479 g/mol. The largest absolute Gasteiger partial charge is 0.495 e. The lowest BCUT2D eigenvalue weighted by molar-refractivity contribution is 0.354. The first-order valence-electron chi connectivity index (χ1n) is 10.3. The van der Waals surface area contributed by atoms with Crippen molar-refractivity contribution in [2.75, 3.05) is 46.3 Å². The lowest BCUT2D eigenvalue weighted by Gasteiger charge is -2.18. The quantitative estimate of drug-likeness (QED) is 0.531. The average molecular weight is 480 g/mol. The molecule has 0 radical (unpaired) electrons. The molecule has 0 aromatic heterocycles. The zero-order chi connectivity index (χ0) is 23.1. The predicted molar refractivity (Wildman–Crippen MR) is 128 cm³/mol. The number of sulfonamides is 1. The van der Waals surface area contributed by atoms with Crippen molar-refractivity contribution in [1.29, 1.82) is 0 Å². The van der Waals surface area contributed by atoms with Crippen molar-refractivity contribution in [2.45, 2.75) is 24.2 Å². The number of methoxy groups -OCH3 is 3. The summed E-state index contributed by atoms with van der Waals surface area (Å²) >= 11 is 5.41. The van der Waals surface area contributed by atoms with Crippen LogP contribution < -0.4 is 24.8 Å². The van der Waals surface area contributed by atoms with E-state index in [1.807, 2.05) is 18.2 Å². The zero-order valence-electron chi connectivity index (χ0n) is 18.5. The van der Waals surface area contributed by atoms with Gasteiger partial charge in [-0.15, -0.1) is 0 Å². The summed E-state index contributed by atoms with van der Waals surface area (Å²) in [6.45, 7) is 1.68. The fourth-order valence-electron chi connectivity index (χ4n) is 3.55. The highest BCUT2D eigenvalue weighted by Crippen LogP contribution is 2.30. The third kappa shape index (κ3) is 5.62. The van der Waals surface area contributed by atoms with E-state index in [0.29, 0.717) is 54.1 Å².